The molecule has 1 heterocycles. The van der Waals surface area contributed by atoms with Crippen LogP contribution in [0.4, 0.5) is 4.79 Å². The predicted octanol–water partition coefficient (Wildman–Crippen LogP) is 2.17. The van der Waals surface area contributed by atoms with Gasteiger partial charge in [0.1, 0.15) is 9.84 Å². The molecule has 6 nitrogen and oxygen atoms in total. The van der Waals surface area contributed by atoms with E-state index in [1.54, 1.807) is 12.5 Å². The first kappa shape index (κ1) is 16.9. The van der Waals surface area contributed by atoms with Crippen LogP contribution < -0.4 is 5.32 Å². The fraction of sp³-hybridized carbons (Fsp3) is 0.667. The zero-order valence-electron chi connectivity index (χ0n) is 13.0. The molecule has 0 atom stereocenters. The number of urea groups is 1. The van der Waals surface area contributed by atoms with E-state index in [0.717, 1.165) is 31.2 Å². The zero-order valence-corrected chi connectivity index (χ0v) is 13.8. The molecule has 0 bridgehead atoms. The minimum absolute atomic E-state index is 0.0387. The van der Waals surface area contributed by atoms with Crippen LogP contribution in [-0.2, 0) is 16.4 Å². The van der Waals surface area contributed by atoms with E-state index in [2.05, 4.69) is 5.32 Å². The van der Waals surface area contributed by atoms with E-state index >= 15 is 0 Å². The number of nitrogens with zero attached hydrogens (tertiary/aromatic N) is 1. The zero-order chi connectivity index (χ0) is 16.0. The van der Waals surface area contributed by atoms with Crippen molar-refractivity contribution < 1.29 is 17.6 Å². The Bertz CT molecular complexity index is 562. The molecule has 0 radical (unpaired) electrons. The summed E-state index contributed by atoms with van der Waals surface area (Å²) >= 11 is 0. The number of carbonyl (C=O) groups is 1. The van der Waals surface area contributed by atoms with Crippen molar-refractivity contribution in [2.45, 2.75) is 44.7 Å². The lowest BCUT2D eigenvalue weighted by atomic mass is 9.94. The van der Waals surface area contributed by atoms with Gasteiger partial charge in [0, 0.05) is 24.4 Å². The van der Waals surface area contributed by atoms with Gasteiger partial charge in [-0.1, -0.05) is 19.3 Å². The second kappa shape index (κ2) is 7.67. The highest BCUT2D eigenvalue weighted by molar-refractivity contribution is 7.90. The molecule has 0 aliphatic heterocycles. The van der Waals surface area contributed by atoms with E-state index in [-0.39, 0.29) is 24.4 Å². The molecular formula is C15H24N2O4S. The summed E-state index contributed by atoms with van der Waals surface area (Å²) in [5, 5.41) is 2.73. The van der Waals surface area contributed by atoms with Gasteiger partial charge in [0.2, 0.25) is 0 Å². The van der Waals surface area contributed by atoms with Gasteiger partial charge in [-0.3, -0.25) is 0 Å². The van der Waals surface area contributed by atoms with E-state index < -0.39 is 9.84 Å². The van der Waals surface area contributed by atoms with Crippen LogP contribution in [0.15, 0.2) is 23.0 Å². The maximum Gasteiger partial charge on any atom is 0.317 e. The van der Waals surface area contributed by atoms with Gasteiger partial charge in [-0.05, 0) is 18.9 Å². The van der Waals surface area contributed by atoms with Crippen LogP contribution in [0.1, 0.15) is 37.7 Å². The summed E-state index contributed by atoms with van der Waals surface area (Å²) in [6.45, 7) is 0.637. The highest BCUT2D eigenvalue weighted by Crippen LogP contribution is 2.24. The minimum Gasteiger partial charge on any atom is -0.472 e. The van der Waals surface area contributed by atoms with E-state index in [0.29, 0.717) is 6.54 Å². The third-order valence-electron chi connectivity index (χ3n) is 3.96. The second-order valence-electron chi connectivity index (χ2n) is 5.91. The maximum atomic E-state index is 12.4. The topological polar surface area (TPSA) is 79.6 Å². The molecule has 1 aliphatic carbocycles. The molecule has 0 spiro atoms. The molecule has 2 amide bonds. The third kappa shape index (κ3) is 5.36. The molecule has 2 rings (SSSR count). The fourth-order valence-electron chi connectivity index (χ4n) is 2.78. The van der Waals surface area contributed by atoms with Gasteiger partial charge in [-0.2, -0.15) is 0 Å². The minimum atomic E-state index is -3.07. The van der Waals surface area contributed by atoms with E-state index in [1.165, 1.54) is 12.7 Å². The second-order valence-corrected chi connectivity index (χ2v) is 8.17. The molecule has 0 unspecified atom stereocenters. The number of carbonyl (C=O) groups excluding carboxylic acids is 1. The van der Waals surface area contributed by atoms with Gasteiger partial charge in [0.15, 0.2) is 0 Å². The Morgan fingerprint density at radius 1 is 1.36 bits per heavy atom. The summed E-state index contributed by atoms with van der Waals surface area (Å²) < 4.78 is 27.4. The Morgan fingerprint density at radius 3 is 2.68 bits per heavy atom. The predicted molar refractivity (Wildman–Crippen MR) is 84.2 cm³/mol. The average molecular weight is 328 g/mol. The number of hydrogen-bond donors (Lipinski definition) is 1. The van der Waals surface area contributed by atoms with Crippen LogP contribution in [0.2, 0.25) is 0 Å². The van der Waals surface area contributed by atoms with Gasteiger partial charge in [-0.25, -0.2) is 13.2 Å². The normalized spacial score (nSPS) is 16.4. The van der Waals surface area contributed by atoms with Crippen molar-refractivity contribution in [1.82, 2.24) is 10.2 Å². The summed E-state index contributed by atoms with van der Waals surface area (Å²) in [6.07, 6.45) is 9.87. The number of amides is 2. The smallest absolute Gasteiger partial charge is 0.317 e. The van der Waals surface area contributed by atoms with Crippen molar-refractivity contribution in [2.24, 2.45) is 0 Å². The molecule has 1 N–H and O–H groups in total. The van der Waals surface area contributed by atoms with Gasteiger partial charge in [0.25, 0.3) is 0 Å². The molecular weight excluding hydrogens is 304 g/mol. The van der Waals surface area contributed by atoms with Gasteiger partial charge < -0.3 is 14.6 Å². The number of nitrogens with one attached hydrogen (secondary N) is 1. The van der Waals surface area contributed by atoms with Crippen molar-refractivity contribution >= 4 is 15.9 Å². The molecule has 0 saturated heterocycles. The lowest BCUT2D eigenvalue weighted by Gasteiger charge is -2.34. The highest BCUT2D eigenvalue weighted by Gasteiger charge is 2.25. The summed E-state index contributed by atoms with van der Waals surface area (Å²) in [7, 11) is -3.07. The first-order valence-corrected chi connectivity index (χ1v) is 9.75. The van der Waals surface area contributed by atoms with Crippen molar-refractivity contribution in [1.29, 1.82) is 0 Å². The summed E-state index contributed by atoms with van der Waals surface area (Å²) in [4.78, 5) is 14.3. The van der Waals surface area contributed by atoms with Crippen LogP contribution >= 0.6 is 0 Å². The van der Waals surface area contributed by atoms with Crippen LogP contribution in [0, 0.1) is 0 Å². The Labute approximate surface area is 131 Å². The van der Waals surface area contributed by atoms with Crippen molar-refractivity contribution in [3.63, 3.8) is 0 Å². The van der Waals surface area contributed by atoms with E-state index in [1.807, 2.05) is 11.0 Å². The molecule has 1 aromatic heterocycles. The van der Waals surface area contributed by atoms with Gasteiger partial charge >= 0.3 is 6.03 Å². The number of sulfone groups is 1. The van der Waals surface area contributed by atoms with Crippen LogP contribution in [0.25, 0.3) is 0 Å². The largest absolute Gasteiger partial charge is 0.472 e. The summed E-state index contributed by atoms with van der Waals surface area (Å²) in [5.74, 6) is -0.0387. The number of rotatable bonds is 6. The Balaban J connectivity index is 1.97. The number of furan rings is 1. The Hall–Kier alpha value is -1.50. The highest BCUT2D eigenvalue weighted by atomic mass is 32.2. The molecule has 1 fully saturated rings. The first-order chi connectivity index (χ1) is 10.5. The molecule has 1 saturated carbocycles. The van der Waals surface area contributed by atoms with Crippen molar-refractivity contribution in [3.8, 4) is 0 Å². The fourth-order valence-corrected chi connectivity index (χ4v) is 3.26. The third-order valence-corrected chi connectivity index (χ3v) is 4.90. The van der Waals surface area contributed by atoms with Gasteiger partial charge in [-0.15, -0.1) is 0 Å². The quantitative estimate of drug-likeness (QED) is 0.868. The van der Waals surface area contributed by atoms with Crippen LogP contribution in [-0.4, -0.2) is 43.9 Å². The molecule has 7 heteroatoms. The van der Waals surface area contributed by atoms with E-state index in [4.69, 9.17) is 4.42 Å². The maximum absolute atomic E-state index is 12.4. The van der Waals surface area contributed by atoms with E-state index in [9.17, 15) is 13.2 Å². The lowest BCUT2D eigenvalue weighted by molar-refractivity contribution is 0.151. The standard InChI is InChI=1S/C15H24N2O4S/c1-22(19,20)10-8-16-15(18)17(11-13-7-9-21-12-13)14-5-3-2-4-6-14/h7,9,12,14H,2-6,8,10-11H2,1H3,(H,16,18). The van der Waals surface area contributed by atoms with Crippen molar-refractivity contribution in [3.05, 3.63) is 24.2 Å². The lowest BCUT2D eigenvalue weighted by Crippen LogP contribution is -2.47. The molecule has 0 aromatic carbocycles. The summed E-state index contributed by atoms with van der Waals surface area (Å²) in [6, 6.07) is 1.86. The molecule has 22 heavy (non-hydrogen) atoms. The Kier molecular flexibility index (Phi) is 5.88. The molecule has 1 aliphatic rings. The van der Waals surface area contributed by atoms with Crippen LogP contribution in [0.5, 0.6) is 0 Å². The van der Waals surface area contributed by atoms with Gasteiger partial charge in [0.05, 0.1) is 24.8 Å². The number of hydrogen-bond acceptors (Lipinski definition) is 4. The molecule has 1 aromatic rings. The monoisotopic (exact) mass is 328 g/mol. The SMILES string of the molecule is CS(=O)(=O)CCNC(=O)N(Cc1ccoc1)C1CCCCC1. The van der Waals surface area contributed by atoms with Crippen molar-refractivity contribution in [2.75, 3.05) is 18.6 Å². The summed E-state index contributed by atoms with van der Waals surface area (Å²) in [5.41, 5.74) is 0.948. The molecule has 124 valence electrons. The first-order valence-electron chi connectivity index (χ1n) is 7.69. The average Bonchev–Trinajstić information content (AvgIpc) is 2.97. The Morgan fingerprint density at radius 2 is 2.09 bits per heavy atom. The van der Waals surface area contributed by atoms with Crippen LogP contribution in [0.3, 0.4) is 0 Å².